The number of amides is 1. The minimum absolute atomic E-state index is 0.0346. The Labute approximate surface area is 261 Å². The molecule has 13 nitrogen and oxygen atoms in total. The van der Waals surface area contributed by atoms with Crippen molar-refractivity contribution in [2.24, 2.45) is 15.2 Å². The van der Waals surface area contributed by atoms with E-state index >= 15 is 0 Å². The molecule has 1 amide bonds. The van der Waals surface area contributed by atoms with Crippen LogP contribution in [0.5, 0.6) is 5.75 Å². The van der Waals surface area contributed by atoms with E-state index in [4.69, 9.17) is 35.4 Å². The molecule has 3 aromatic carbocycles. The van der Waals surface area contributed by atoms with Gasteiger partial charge in [-0.15, -0.1) is 0 Å². The number of benzene rings is 3. The van der Waals surface area contributed by atoms with Gasteiger partial charge in [0.1, 0.15) is 5.75 Å². The summed E-state index contributed by atoms with van der Waals surface area (Å²) in [6.45, 7) is 1.39. The van der Waals surface area contributed by atoms with E-state index in [0.717, 1.165) is 11.1 Å². The van der Waals surface area contributed by atoms with Crippen LogP contribution in [0.4, 0.5) is 0 Å². The van der Waals surface area contributed by atoms with E-state index in [0.29, 0.717) is 55.0 Å². The molecule has 1 aliphatic heterocycles. The van der Waals surface area contributed by atoms with Crippen molar-refractivity contribution in [3.8, 4) is 5.75 Å². The van der Waals surface area contributed by atoms with Crippen molar-refractivity contribution in [1.29, 1.82) is 0 Å². The zero-order valence-electron chi connectivity index (χ0n) is 25.1. The molecule has 0 unspecified atom stereocenters. The van der Waals surface area contributed by atoms with Crippen LogP contribution in [0.25, 0.3) is 20.9 Å². The van der Waals surface area contributed by atoms with Crippen molar-refractivity contribution in [3.05, 3.63) is 121 Å². The number of rotatable bonds is 17. The molecule has 0 spiro atoms. The van der Waals surface area contributed by atoms with Crippen molar-refractivity contribution in [2.45, 2.75) is 44.0 Å². The third-order valence-corrected chi connectivity index (χ3v) is 7.37. The number of hydrogen-bond acceptors (Lipinski definition) is 8. The number of nitrogens with zero attached hydrogens (tertiary/aromatic N) is 7. The van der Waals surface area contributed by atoms with E-state index in [2.05, 4.69) is 25.4 Å². The second-order valence-corrected chi connectivity index (χ2v) is 10.3. The van der Waals surface area contributed by atoms with Gasteiger partial charge in [-0.1, -0.05) is 58.8 Å². The zero-order chi connectivity index (χ0) is 31.9. The highest BCUT2D eigenvalue weighted by molar-refractivity contribution is 6.01. The number of carbonyl (C=O) groups excluding carboxylic acids is 1. The summed E-state index contributed by atoms with van der Waals surface area (Å²) in [5.74, 6) is 0.538. The smallest absolute Gasteiger partial charge is 0.252 e. The van der Waals surface area contributed by atoms with Gasteiger partial charge in [0.25, 0.3) is 5.91 Å². The van der Waals surface area contributed by atoms with Gasteiger partial charge < -0.3 is 24.6 Å². The van der Waals surface area contributed by atoms with E-state index in [-0.39, 0.29) is 37.9 Å². The first-order valence-electron chi connectivity index (χ1n) is 14.6. The van der Waals surface area contributed by atoms with Crippen LogP contribution in [-0.2, 0) is 33.8 Å². The van der Waals surface area contributed by atoms with Crippen LogP contribution in [0.3, 0.4) is 0 Å². The van der Waals surface area contributed by atoms with Crippen LogP contribution in [-0.4, -0.2) is 55.9 Å². The van der Waals surface area contributed by atoms with Crippen LogP contribution in [0.15, 0.2) is 88.0 Å². The minimum Gasteiger partial charge on any atom is -0.494 e. The molecule has 234 valence electrons. The molecule has 2 N–H and O–H groups in total. The Morgan fingerprint density at radius 1 is 0.956 bits per heavy atom. The van der Waals surface area contributed by atoms with Gasteiger partial charge in [-0.25, -0.2) is 4.99 Å². The second-order valence-electron chi connectivity index (χ2n) is 10.3. The van der Waals surface area contributed by atoms with Crippen LogP contribution >= 0.6 is 0 Å². The quantitative estimate of drug-likeness (QED) is 0.0852. The molecule has 1 heterocycles. The first kappa shape index (κ1) is 32.8. The second kappa shape index (κ2) is 16.7. The normalized spacial score (nSPS) is 16.9. The summed E-state index contributed by atoms with van der Waals surface area (Å²) < 4.78 is 17.5. The molecule has 2 atom stereocenters. The molecule has 0 fully saturated rings. The molecular weight excluding hydrogens is 576 g/mol. The molecule has 0 aliphatic carbocycles. The molecular formula is C32H36N8O5. The standard InChI is InChI=1S/C32H36N8O5/c1-43-18-6-16-35-31(42)32(20-24-8-2-3-9-25(24)21-36-39-33)29(28-11-5-4-10-26(28)22-37-40-34)45-30(38-32)23-12-14-27(15-13-23)44-19-7-17-41/h2-5,8-15,29,41H,6-7,16-22H2,1H3,(H,35,42)/t29-,32-/m0/s1. The molecule has 0 radical (unpaired) electrons. The Bertz CT molecular complexity index is 1570. The molecule has 0 bridgehead atoms. The summed E-state index contributed by atoms with van der Waals surface area (Å²) in [5.41, 5.74) is 20.1. The molecule has 13 heteroatoms. The lowest BCUT2D eigenvalue weighted by Crippen LogP contribution is -2.50. The first-order chi connectivity index (χ1) is 22.1. The summed E-state index contributed by atoms with van der Waals surface area (Å²) in [4.78, 5) is 25.3. The molecule has 3 aromatic rings. The lowest BCUT2D eigenvalue weighted by Gasteiger charge is -2.32. The summed E-state index contributed by atoms with van der Waals surface area (Å²) in [6.07, 6.45) is 0.344. The Kier molecular flexibility index (Phi) is 12.2. The minimum atomic E-state index is -1.49. The van der Waals surface area contributed by atoms with Gasteiger partial charge in [0, 0.05) is 55.1 Å². The number of methoxy groups -OCH3 is 1. The predicted octanol–water partition coefficient (Wildman–Crippen LogP) is 5.72. The van der Waals surface area contributed by atoms with Crippen molar-refractivity contribution < 1.29 is 24.1 Å². The third kappa shape index (κ3) is 8.31. The maximum absolute atomic E-state index is 14.4. The number of nitrogens with one attached hydrogen (secondary N) is 1. The van der Waals surface area contributed by atoms with Crippen LogP contribution in [0.1, 0.15) is 46.8 Å². The summed E-state index contributed by atoms with van der Waals surface area (Å²) in [5, 5.41) is 19.7. The number of aliphatic hydroxyl groups excluding tert-OH is 1. The van der Waals surface area contributed by atoms with Gasteiger partial charge in [-0.05, 0) is 64.0 Å². The van der Waals surface area contributed by atoms with Gasteiger partial charge in [0.2, 0.25) is 5.90 Å². The number of aliphatic hydroxyl groups is 1. The summed E-state index contributed by atoms with van der Waals surface area (Å²) >= 11 is 0. The fourth-order valence-electron chi connectivity index (χ4n) is 5.15. The largest absolute Gasteiger partial charge is 0.494 e. The fraction of sp³-hybridized carbons (Fsp3) is 0.375. The maximum atomic E-state index is 14.4. The van der Waals surface area contributed by atoms with Crippen LogP contribution in [0.2, 0.25) is 0 Å². The average Bonchev–Trinajstić information content (AvgIpc) is 3.46. The zero-order valence-corrected chi connectivity index (χ0v) is 25.1. The highest BCUT2D eigenvalue weighted by Gasteiger charge is 2.53. The molecule has 0 aromatic heterocycles. The number of azide groups is 2. The van der Waals surface area contributed by atoms with Gasteiger partial charge in [0.05, 0.1) is 19.7 Å². The van der Waals surface area contributed by atoms with Gasteiger partial charge in [-0.2, -0.15) is 0 Å². The average molecular weight is 613 g/mol. The molecule has 0 saturated heterocycles. The first-order valence-corrected chi connectivity index (χ1v) is 14.6. The van der Waals surface area contributed by atoms with E-state index < -0.39 is 11.6 Å². The molecule has 0 saturated carbocycles. The number of aliphatic imine (C=N–C) groups is 1. The Hall–Kier alpha value is -5.06. The monoisotopic (exact) mass is 612 g/mol. The van der Waals surface area contributed by atoms with Crippen LogP contribution in [0, 0.1) is 0 Å². The Morgan fingerprint density at radius 2 is 1.62 bits per heavy atom. The van der Waals surface area contributed by atoms with Crippen molar-refractivity contribution in [3.63, 3.8) is 0 Å². The molecule has 1 aliphatic rings. The van der Waals surface area contributed by atoms with Crippen molar-refractivity contribution in [1.82, 2.24) is 5.32 Å². The summed E-state index contributed by atoms with van der Waals surface area (Å²) in [7, 11) is 1.60. The lowest BCUT2D eigenvalue weighted by molar-refractivity contribution is -0.129. The third-order valence-electron chi connectivity index (χ3n) is 7.37. The van der Waals surface area contributed by atoms with E-state index in [1.165, 1.54) is 0 Å². The highest BCUT2D eigenvalue weighted by Crippen LogP contribution is 2.44. The van der Waals surface area contributed by atoms with Crippen molar-refractivity contribution in [2.75, 3.05) is 33.5 Å². The van der Waals surface area contributed by atoms with Crippen LogP contribution < -0.4 is 10.1 Å². The van der Waals surface area contributed by atoms with E-state index in [9.17, 15) is 4.79 Å². The van der Waals surface area contributed by atoms with Gasteiger partial charge >= 0.3 is 0 Å². The number of hydrogen-bond donors (Lipinski definition) is 2. The number of ether oxygens (including phenoxy) is 3. The lowest BCUT2D eigenvalue weighted by atomic mass is 9.79. The summed E-state index contributed by atoms with van der Waals surface area (Å²) in [6, 6.07) is 22.0. The van der Waals surface area contributed by atoms with Crippen molar-refractivity contribution >= 4 is 11.8 Å². The van der Waals surface area contributed by atoms with E-state index in [1.807, 2.05) is 48.5 Å². The SMILES string of the molecule is COCCCNC(=O)[C@@]1(Cc2ccccc2CN=[N+]=[N-])N=C(c2ccc(OCCCO)cc2)O[C@H]1c1ccccc1CN=[N+]=[N-]. The fourth-order valence-corrected chi connectivity index (χ4v) is 5.15. The van der Waals surface area contributed by atoms with E-state index in [1.54, 1.807) is 31.4 Å². The topological polar surface area (TPSA) is 187 Å². The predicted molar refractivity (Wildman–Crippen MR) is 169 cm³/mol. The number of carbonyl (C=O) groups is 1. The molecule has 4 rings (SSSR count). The van der Waals surface area contributed by atoms with Gasteiger partial charge in [-0.3, -0.25) is 4.79 Å². The highest BCUT2D eigenvalue weighted by atomic mass is 16.5. The maximum Gasteiger partial charge on any atom is 0.252 e. The molecule has 45 heavy (non-hydrogen) atoms. The van der Waals surface area contributed by atoms with Gasteiger partial charge in [0.15, 0.2) is 11.6 Å². The Morgan fingerprint density at radius 3 is 2.31 bits per heavy atom. The Balaban J connectivity index is 1.85.